The van der Waals surface area contributed by atoms with E-state index in [0.29, 0.717) is 34.0 Å². The average Bonchev–Trinajstić information content (AvgIpc) is 3.28. The molecule has 0 saturated heterocycles. The molecule has 34 heavy (non-hydrogen) atoms. The van der Waals surface area contributed by atoms with E-state index in [0.717, 1.165) is 5.56 Å². The van der Waals surface area contributed by atoms with Crippen LogP contribution in [0.1, 0.15) is 12.5 Å². The zero-order chi connectivity index (χ0) is 24.1. The van der Waals surface area contributed by atoms with E-state index in [4.69, 9.17) is 14.2 Å². The molecule has 1 aliphatic heterocycles. The Kier molecular flexibility index (Phi) is 7.09. The molecule has 0 radical (unpaired) electrons. The number of ether oxygens (including phenoxy) is 3. The highest BCUT2D eigenvalue weighted by atomic mass is 79.9. The number of hydrogen-bond donors (Lipinski definition) is 2. The summed E-state index contributed by atoms with van der Waals surface area (Å²) in [5, 5.41) is 2.73. The van der Waals surface area contributed by atoms with Crippen LogP contribution in [-0.2, 0) is 14.8 Å². The lowest BCUT2D eigenvalue weighted by Gasteiger charge is -2.13. The van der Waals surface area contributed by atoms with E-state index in [2.05, 4.69) is 26.0 Å². The second-order valence-corrected chi connectivity index (χ2v) is 9.71. The van der Waals surface area contributed by atoms with Gasteiger partial charge in [0.25, 0.3) is 10.0 Å². The molecule has 10 heteroatoms. The number of carbonyl (C=O) groups is 1. The molecular weight excluding hydrogens is 524 g/mol. The van der Waals surface area contributed by atoms with Gasteiger partial charge in [-0.1, -0.05) is 22.0 Å². The molecule has 0 fully saturated rings. The highest BCUT2D eigenvalue weighted by Gasteiger charge is 2.20. The average molecular weight is 545 g/mol. The van der Waals surface area contributed by atoms with Crippen LogP contribution in [0.5, 0.6) is 17.2 Å². The van der Waals surface area contributed by atoms with Crippen molar-refractivity contribution < 1.29 is 27.4 Å². The summed E-state index contributed by atoms with van der Waals surface area (Å²) in [5.41, 5.74) is 1.65. The molecule has 1 amide bonds. The Morgan fingerprint density at radius 3 is 2.53 bits per heavy atom. The first-order valence-corrected chi connectivity index (χ1v) is 12.6. The molecule has 0 atom stereocenters. The maximum Gasteiger partial charge on any atom is 0.265 e. The summed E-state index contributed by atoms with van der Waals surface area (Å²) >= 11 is 3.29. The Morgan fingerprint density at radius 1 is 1.03 bits per heavy atom. The maximum absolute atomic E-state index is 12.9. The number of anilines is 2. The van der Waals surface area contributed by atoms with E-state index in [1.807, 2.05) is 6.07 Å². The third kappa shape index (κ3) is 5.70. The van der Waals surface area contributed by atoms with Crippen molar-refractivity contribution in [3.63, 3.8) is 0 Å². The highest BCUT2D eigenvalue weighted by molar-refractivity contribution is 9.10. The van der Waals surface area contributed by atoms with Gasteiger partial charge in [0.15, 0.2) is 11.5 Å². The number of benzene rings is 3. The molecule has 8 nitrogen and oxygen atoms in total. The van der Waals surface area contributed by atoms with Crippen LogP contribution in [0.4, 0.5) is 11.4 Å². The molecule has 2 N–H and O–H groups in total. The number of amides is 1. The number of hydrogen-bond acceptors (Lipinski definition) is 6. The predicted octanol–water partition coefficient (Wildman–Crippen LogP) is 5.03. The van der Waals surface area contributed by atoms with Crippen molar-refractivity contribution >= 4 is 49.3 Å². The van der Waals surface area contributed by atoms with Gasteiger partial charge in [0.1, 0.15) is 10.6 Å². The number of sulfonamides is 1. The quantitative estimate of drug-likeness (QED) is 0.385. The molecule has 0 bridgehead atoms. The lowest BCUT2D eigenvalue weighted by molar-refractivity contribution is -0.111. The van der Waals surface area contributed by atoms with Crippen LogP contribution in [0.15, 0.2) is 76.1 Å². The largest absolute Gasteiger partial charge is 0.492 e. The molecule has 0 unspecified atom stereocenters. The minimum Gasteiger partial charge on any atom is -0.492 e. The summed E-state index contributed by atoms with van der Waals surface area (Å²) < 4.78 is 45.0. The van der Waals surface area contributed by atoms with Crippen molar-refractivity contribution in [2.24, 2.45) is 0 Å². The van der Waals surface area contributed by atoms with Crippen LogP contribution >= 0.6 is 15.9 Å². The third-order valence-electron chi connectivity index (χ3n) is 4.72. The van der Waals surface area contributed by atoms with Gasteiger partial charge < -0.3 is 19.5 Å². The molecule has 1 aliphatic rings. The van der Waals surface area contributed by atoms with Crippen molar-refractivity contribution in [3.05, 3.63) is 76.8 Å². The Morgan fingerprint density at radius 2 is 1.76 bits per heavy atom. The fourth-order valence-electron chi connectivity index (χ4n) is 3.17. The van der Waals surface area contributed by atoms with Crippen LogP contribution in [0, 0.1) is 0 Å². The molecule has 4 rings (SSSR count). The Hall–Kier alpha value is -3.50. The van der Waals surface area contributed by atoms with Crippen molar-refractivity contribution in [2.75, 3.05) is 23.4 Å². The molecule has 3 aromatic rings. The van der Waals surface area contributed by atoms with Gasteiger partial charge in [0.2, 0.25) is 12.7 Å². The number of halogens is 1. The summed E-state index contributed by atoms with van der Waals surface area (Å²) in [4.78, 5) is 12.3. The second kappa shape index (κ2) is 10.2. The predicted molar refractivity (Wildman–Crippen MR) is 133 cm³/mol. The minimum absolute atomic E-state index is 0.0229. The minimum atomic E-state index is -3.89. The first-order valence-electron chi connectivity index (χ1n) is 10.3. The van der Waals surface area contributed by atoms with Crippen LogP contribution < -0.4 is 24.2 Å². The maximum atomic E-state index is 12.9. The van der Waals surface area contributed by atoms with Crippen molar-refractivity contribution in [3.8, 4) is 17.2 Å². The van der Waals surface area contributed by atoms with Gasteiger partial charge >= 0.3 is 0 Å². The Balaban J connectivity index is 1.40. The van der Waals surface area contributed by atoms with Crippen LogP contribution in [0.3, 0.4) is 0 Å². The summed E-state index contributed by atoms with van der Waals surface area (Å²) in [5.74, 6) is 1.24. The second-order valence-electron chi connectivity index (χ2n) is 7.14. The fraction of sp³-hybridized carbons (Fsp3) is 0.125. The van der Waals surface area contributed by atoms with E-state index in [-0.39, 0.29) is 23.3 Å². The monoisotopic (exact) mass is 544 g/mol. The molecule has 0 saturated carbocycles. The van der Waals surface area contributed by atoms with E-state index >= 15 is 0 Å². The Labute approximate surface area is 205 Å². The van der Waals surface area contributed by atoms with E-state index in [1.54, 1.807) is 61.5 Å². The smallest absolute Gasteiger partial charge is 0.265 e. The van der Waals surface area contributed by atoms with Crippen molar-refractivity contribution in [1.82, 2.24) is 0 Å². The van der Waals surface area contributed by atoms with Gasteiger partial charge in [-0.2, -0.15) is 0 Å². The first-order chi connectivity index (χ1) is 16.3. The lowest BCUT2D eigenvalue weighted by Crippen LogP contribution is -2.15. The summed E-state index contributed by atoms with van der Waals surface area (Å²) in [6, 6.07) is 16.5. The van der Waals surface area contributed by atoms with Gasteiger partial charge in [-0.3, -0.25) is 9.52 Å². The van der Waals surface area contributed by atoms with Gasteiger partial charge in [-0.25, -0.2) is 8.42 Å². The molecular formula is C24H21BrN2O6S. The molecule has 0 spiro atoms. The highest BCUT2D eigenvalue weighted by Crippen LogP contribution is 2.33. The normalized spacial score (nSPS) is 12.5. The molecule has 3 aromatic carbocycles. The van der Waals surface area contributed by atoms with Gasteiger partial charge in [0, 0.05) is 21.9 Å². The molecule has 176 valence electrons. The fourth-order valence-corrected chi connectivity index (χ4v) is 4.91. The Bertz CT molecular complexity index is 1340. The number of nitrogens with one attached hydrogen (secondary N) is 2. The van der Waals surface area contributed by atoms with E-state index in [1.165, 1.54) is 12.1 Å². The standard InChI is InChI=1S/C24H21BrN2O6S/c1-2-31-21-11-5-17(25)14-23(21)34(29,30)27-19-8-6-18(7-9-19)26-24(28)12-4-16-3-10-20-22(13-16)33-15-32-20/h3-14,27H,2,15H2,1H3,(H,26,28)/b12-4+. The summed E-state index contributed by atoms with van der Waals surface area (Å²) in [6.45, 7) is 2.30. The number of rotatable bonds is 8. The third-order valence-corrected chi connectivity index (χ3v) is 6.62. The summed E-state index contributed by atoms with van der Waals surface area (Å²) in [7, 11) is -3.89. The summed E-state index contributed by atoms with van der Waals surface area (Å²) in [6.07, 6.45) is 3.06. The first kappa shape index (κ1) is 23.7. The van der Waals surface area contributed by atoms with Crippen molar-refractivity contribution in [2.45, 2.75) is 11.8 Å². The van der Waals surface area contributed by atoms with Gasteiger partial charge in [0.05, 0.1) is 6.61 Å². The van der Waals surface area contributed by atoms with E-state index < -0.39 is 10.0 Å². The molecule has 0 aliphatic carbocycles. The van der Waals surface area contributed by atoms with Gasteiger partial charge in [-0.05, 0) is 73.2 Å². The van der Waals surface area contributed by atoms with Crippen molar-refractivity contribution in [1.29, 1.82) is 0 Å². The van der Waals surface area contributed by atoms with E-state index in [9.17, 15) is 13.2 Å². The van der Waals surface area contributed by atoms with Crippen LogP contribution in [-0.4, -0.2) is 27.7 Å². The zero-order valence-electron chi connectivity index (χ0n) is 18.1. The van der Waals surface area contributed by atoms with Crippen LogP contribution in [0.25, 0.3) is 6.08 Å². The van der Waals surface area contributed by atoms with Crippen LogP contribution in [0.2, 0.25) is 0 Å². The zero-order valence-corrected chi connectivity index (χ0v) is 20.5. The SMILES string of the molecule is CCOc1ccc(Br)cc1S(=O)(=O)Nc1ccc(NC(=O)/C=C/c2ccc3c(c2)OCO3)cc1. The topological polar surface area (TPSA) is 103 Å². The molecule has 0 aromatic heterocycles. The lowest BCUT2D eigenvalue weighted by atomic mass is 10.2. The number of carbonyl (C=O) groups excluding carboxylic acids is 1. The van der Waals surface area contributed by atoms with Gasteiger partial charge in [-0.15, -0.1) is 0 Å². The molecule has 1 heterocycles. The number of fused-ring (bicyclic) bond motifs is 1.